The number of ether oxygens (including phenoxy) is 2. The van der Waals surface area contributed by atoms with E-state index in [9.17, 15) is 9.59 Å². The smallest absolute Gasteiger partial charge is 0.411 e. The van der Waals surface area contributed by atoms with Gasteiger partial charge < -0.3 is 19.3 Å². The molecule has 1 atom stereocenters. The summed E-state index contributed by atoms with van der Waals surface area (Å²) in [6, 6.07) is 3.92. The Morgan fingerprint density at radius 3 is 2.73 bits per heavy atom. The standard InChI is InChI=1S/C22H34N4O4/c1-29-20-11-10-19(23-22(28)30-2)21(24-20)25-13-6-7-17(15-25)12-14-26(16-27)18-8-4-3-5-9-18/h10-11,16-18H,3-9,12-15H2,1-2H3,(H,23,28). The number of anilines is 2. The fraction of sp³-hybridized carbons (Fsp3) is 0.682. The zero-order chi connectivity index (χ0) is 21.3. The maximum absolute atomic E-state index is 11.7. The number of pyridine rings is 1. The SMILES string of the molecule is COC(=O)Nc1ccc(OC)nc1N1CCCC(CCN(C=O)C2CCCCC2)C1. The van der Waals surface area contributed by atoms with Crippen molar-refractivity contribution in [2.45, 2.75) is 57.4 Å². The molecular formula is C22H34N4O4. The van der Waals surface area contributed by atoms with E-state index < -0.39 is 6.09 Å². The van der Waals surface area contributed by atoms with Gasteiger partial charge in [-0.2, -0.15) is 4.98 Å². The molecule has 1 aliphatic heterocycles. The van der Waals surface area contributed by atoms with E-state index in [0.717, 1.165) is 58.1 Å². The third-order valence-corrected chi connectivity index (χ3v) is 6.27. The van der Waals surface area contributed by atoms with E-state index in [2.05, 4.69) is 15.2 Å². The van der Waals surface area contributed by atoms with Gasteiger partial charge in [0.05, 0.1) is 19.9 Å². The molecule has 1 saturated carbocycles. The fourth-order valence-electron chi connectivity index (χ4n) is 4.60. The van der Waals surface area contributed by atoms with Crippen LogP contribution in [-0.4, -0.2) is 62.3 Å². The molecule has 1 aromatic rings. The molecule has 0 bridgehead atoms. The molecule has 1 unspecified atom stereocenters. The van der Waals surface area contributed by atoms with Crippen molar-refractivity contribution >= 4 is 24.0 Å². The van der Waals surface area contributed by atoms with Crippen molar-refractivity contribution in [1.29, 1.82) is 0 Å². The van der Waals surface area contributed by atoms with Gasteiger partial charge in [0.25, 0.3) is 0 Å². The summed E-state index contributed by atoms with van der Waals surface area (Å²) in [6.45, 7) is 2.52. The summed E-state index contributed by atoms with van der Waals surface area (Å²) in [5.74, 6) is 1.68. The third kappa shape index (κ3) is 5.77. The number of hydrogen-bond acceptors (Lipinski definition) is 6. The molecule has 0 aromatic carbocycles. The second-order valence-electron chi connectivity index (χ2n) is 8.22. The van der Waals surface area contributed by atoms with Crippen molar-refractivity contribution in [1.82, 2.24) is 9.88 Å². The Bertz CT molecular complexity index is 708. The van der Waals surface area contributed by atoms with E-state index >= 15 is 0 Å². The maximum Gasteiger partial charge on any atom is 0.411 e. The molecule has 1 aliphatic carbocycles. The fourth-order valence-corrected chi connectivity index (χ4v) is 4.60. The molecule has 30 heavy (non-hydrogen) atoms. The van der Waals surface area contributed by atoms with Crippen LogP contribution in [0.15, 0.2) is 12.1 Å². The molecule has 8 nitrogen and oxygen atoms in total. The molecule has 0 spiro atoms. The number of carbonyl (C=O) groups excluding carboxylic acids is 2. The molecule has 3 rings (SSSR count). The molecule has 1 aromatic heterocycles. The van der Waals surface area contributed by atoms with Crippen LogP contribution in [0.2, 0.25) is 0 Å². The number of aromatic nitrogens is 1. The number of hydrogen-bond donors (Lipinski definition) is 1. The quantitative estimate of drug-likeness (QED) is 0.649. The highest BCUT2D eigenvalue weighted by Gasteiger charge is 2.26. The average Bonchev–Trinajstić information content (AvgIpc) is 2.80. The summed E-state index contributed by atoms with van der Waals surface area (Å²) >= 11 is 0. The number of rotatable bonds is 8. The second kappa shape index (κ2) is 11.0. The van der Waals surface area contributed by atoms with Crippen LogP contribution in [0.5, 0.6) is 5.88 Å². The molecule has 0 radical (unpaired) electrons. The minimum atomic E-state index is -0.522. The summed E-state index contributed by atoms with van der Waals surface area (Å²) in [5, 5.41) is 2.75. The van der Waals surface area contributed by atoms with E-state index in [1.54, 1.807) is 19.2 Å². The van der Waals surface area contributed by atoms with Crippen LogP contribution in [0.3, 0.4) is 0 Å². The van der Waals surface area contributed by atoms with Gasteiger partial charge in [0, 0.05) is 31.7 Å². The Hall–Kier alpha value is -2.51. The first-order chi connectivity index (χ1) is 14.6. The van der Waals surface area contributed by atoms with Crippen LogP contribution in [0.4, 0.5) is 16.3 Å². The largest absolute Gasteiger partial charge is 0.481 e. The van der Waals surface area contributed by atoms with Gasteiger partial charge in [0.15, 0.2) is 5.82 Å². The maximum atomic E-state index is 11.7. The summed E-state index contributed by atoms with van der Waals surface area (Å²) in [5.41, 5.74) is 0.611. The minimum absolute atomic E-state index is 0.409. The zero-order valence-corrected chi connectivity index (χ0v) is 18.1. The average molecular weight is 419 g/mol. The molecule has 2 aliphatic rings. The lowest BCUT2D eigenvalue weighted by atomic mass is 9.92. The van der Waals surface area contributed by atoms with Crippen molar-refractivity contribution in [2.75, 3.05) is 44.1 Å². The number of methoxy groups -OCH3 is 2. The first-order valence-electron chi connectivity index (χ1n) is 11.0. The molecule has 8 heteroatoms. The van der Waals surface area contributed by atoms with Gasteiger partial charge in [0.1, 0.15) is 0 Å². The first kappa shape index (κ1) is 22.2. The lowest BCUT2D eigenvalue weighted by Gasteiger charge is -2.36. The molecule has 2 amide bonds. The monoisotopic (exact) mass is 418 g/mol. The van der Waals surface area contributed by atoms with Gasteiger partial charge in [0.2, 0.25) is 12.3 Å². The van der Waals surface area contributed by atoms with Crippen LogP contribution in [0.1, 0.15) is 51.4 Å². The summed E-state index contributed by atoms with van der Waals surface area (Å²) < 4.78 is 10.0. The van der Waals surface area contributed by atoms with Gasteiger partial charge in [-0.3, -0.25) is 10.1 Å². The third-order valence-electron chi connectivity index (χ3n) is 6.27. The van der Waals surface area contributed by atoms with Crippen LogP contribution >= 0.6 is 0 Å². The normalized spacial score (nSPS) is 19.8. The van der Waals surface area contributed by atoms with Crippen LogP contribution in [0, 0.1) is 5.92 Å². The van der Waals surface area contributed by atoms with Crippen LogP contribution in [-0.2, 0) is 9.53 Å². The van der Waals surface area contributed by atoms with Gasteiger partial charge in [-0.15, -0.1) is 0 Å². The van der Waals surface area contributed by atoms with Crippen LogP contribution < -0.4 is 15.0 Å². The van der Waals surface area contributed by atoms with E-state index in [4.69, 9.17) is 9.47 Å². The minimum Gasteiger partial charge on any atom is -0.481 e. The van der Waals surface area contributed by atoms with E-state index in [-0.39, 0.29) is 0 Å². The van der Waals surface area contributed by atoms with Gasteiger partial charge >= 0.3 is 6.09 Å². The Morgan fingerprint density at radius 1 is 1.23 bits per heavy atom. The molecule has 2 fully saturated rings. The summed E-state index contributed by atoms with van der Waals surface area (Å²) in [6.07, 6.45) is 9.68. The highest BCUT2D eigenvalue weighted by atomic mass is 16.5. The number of amides is 2. The first-order valence-corrected chi connectivity index (χ1v) is 11.0. The second-order valence-corrected chi connectivity index (χ2v) is 8.22. The van der Waals surface area contributed by atoms with E-state index in [1.807, 2.05) is 4.90 Å². The van der Waals surface area contributed by atoms with Crippen molar-refractivity contribution in [3.63, 3.8) is 0 Å². The Labute approximate surface area is 178 Å². The molecule has 1 N–H and O–H groups in total. The number of nitrogens with zero attached hydrogens (tertiary/aromatic N) is 3. The summed E-state index contributed by atoms with van der Waals surface area (Å²) in [4.78, 5) is 32.2. The predicted molar refractivity (Wildman–Crippen MR) is 116 cm³/mol. The van der Waals surface area contributed by atoms with Gasteiger partial charge in [-0.25, -0.2) is 4.79 Å². The zero-order valence-electron chi connectivity index (χ0n) is 18.1. The number of piperidine rings is 1. The topological polar surface area (TPSA) is 84.0 Å². The Kier molecular flexibility index (Phi) is 8.16. The summed E-state index contributed by atoms with van der Waals surface area (Å²) in [7, 11) is 2.92. The van der Waals surface area contributed by atoms with Crippen LogP contribution in [0.25, 0.3) is 0 Å². The lowest BCUT2D eigenvalue weighted by molar-refractivity contribution is -0.121. The van der Waals surface area contributed by atoms with Crippen molar-refractivity contribution in [2.24, 2.45) is 5.92 Å². The molecule has 1 saturated heterocycles. The van der Waals surface area contributed by atoms with Crippen molar-refractivity contribution < 1.29 is 19.1 Å². The lowest BCUT2D eigenvalue weighted by Crippen LogP contribution is -2.40. The number of carbonyl (C=O) groups is 2. The highest BCUT2D eigenvalue weighted by molar-refractivity contribution is 5.88. The number of nitrogens with one attached hydrogen (secondary N) is 1. The molecule has 166 valence electrons. The van der Waals surface area contributed by atoms with E-state index in [0.29, 0.717) is 29.3 Å². The predicted octanol–water partition coefficient (Wildman–Crippen LogP) is 3.67. The Morgan fingerprint density at radius 2 is 2.03 bits per heavy atom. The van der Waals surface area contributed by atoms with Crippen molar-refractivity contribution in [3.8, 4) is 5.88 Å². The Balaban J connectivity index is 1.65. The van der Waals surface area contributed by atoms with Gasteiger partial charge in [-0.05, 0) is 44.1 Å². The highest BCUT2D eigenvalue weighted by Crippen LogP contribution is 2.32. The van der Waals surface area contributed by atoms with E-state index in [1.165, 1.54) is 26.4 Å². The molecule has 2 heterocycles. The van der Waals surface area contributed by atoms with Gasteiger partial charge in [-0.1, -0.05) is 19.3 Å². The van der Waals surface area contributed by atoms with Crippen molar-refractivity contribution in [3.05, 3.63) is 12.1 Å². The molecular weight excluding hydrogens is 384 g/mol.